The number of ether oxygens (including phenoxy) is 1. The molecule has 0 saturated carbocycles. The molecule has 2 N–H and O–H groups in total. The molecule has 2 heteroatoms. The van der Waals surface area contributed by atoms with Crippen LogP contribution < -0.4 is 10.5 Å². The largest absolute Gasteiger partial charge is 0.489 e. The number of hydrogen-bond acceptors (Lipinski definition) is 2. The summed E-state index contributed by atoms with van der Waals surface area (Å²) in [7, 11) is 0. The monoisotopic (exact) mass is 255 g/mol. The third kappa shape index (κ3) is 4.11. The van der Waals surface area contributed by atoms with Gasteiger partial charge < -0.3 is 10.5 Å². The summed E-state index contributed by atoms with van der Waals surface area (Å²) < 4.78 is 5.80. The van der Waals surface area contributed by atoms with E-state index in [9.17, 15) is 0 Å². The molecule has 0 bridgehead atoms. The van der Waals surface area contributed by atoms with Crippen molar-refractivity contribution in [2.24, 2.45) is 5.73 Å². The normalized spacial score (nSPS) is 12.2. The van der Waals surface area contributed by atoms with Crippen LogP contribution >= 0.6 is 0 Å². The van der Waals surface area contributed by atoms with Crippen molar-refractivity contribution in [1.29, 1.82) is 0 Å². The third-order valence-corrected chi connectivity index (χ3v) is 3.10. The Bertz CT molecular complexity index is 520. The van der Waals surface area contributed by atoms with Gasteiger partial charge in [-0.2, -0.15) is 0 Å². The fourth-order valence-corrected chi connectivity index (χ4v) is 2.07. The van der Waals surface area contributed by atoms with Gasteiger partial charge >= 0.3 is 0 Å². The zero-order valence-electron chi connectivity index (χ0n) is 11.6. The van der Waals surface area contributed by atoms with Gasteiger partial charge in [-0.1, -0.05) is 36.4 Å². The van der Waals surface area contributed by atoms with Crippen molar-refractivity contribution in [3.8, 4) is 5.75 Å². The van der Waals surface area contributed by atoms with E-state index in [-0.39, 0.29) is 6.04 Å². The van der Waals surface area contributed by atoms with Crippen molar-refractivity contribution in [3.05, 3.63) is 65.2 Å². The molecule has 2 nitrogen and oxygen atoms in total. The zero-order valence-corrected chi connectivity index (χ0v) is 11.6. The van der Waals surface area contributed by atoms with E-state index in [0.29, 0.717) is 6.61 Å². The van der Waals surface area contributed by atoms with Crippen LogP contribution in [0, 0.1) is 6.92 Å². The van der Waals surface area contributed by atoms with Crippen LogP contribution in [-0.4, -0.2) is 6.04 Å². The predicted molar refractivity (Wildman–Crippen MR) is 79.3 cm³/mol. The minimum Gasteiger partial charge on any atom is -0.489 e. The van der Waals surface area contributed by atoms with Gasteiger partial charge in [0.05, 0.1) is 0 Å². The fraction of sp³-hybridized carbons (Fsp3) is 0.294. The average Bonchev–Trinajstić information content (AvgIpc) is 2.40. The van der Waals surface area contributed by atoms with E-state index in [1.807, 2.05) is 31.2 Å². The zero-order chi connectivity index (χ0) is 13.7. The van der Waals surface area contributed by atoms with E-state index < -0.39 is 0 Å². The topological polar surface area (TPSA) is 35.2 Å². The quantitative estimate of drug-likeness (QED) is 0.888. The Balaban J connectivity index is 2.00. The Morgan fingerprint density at radius 2 is 1.84 bits per heavy atom. The van der Waals surface area contributed by atoms with E-state index >= 15 is 0 Å². The van der Waals surface area contributed by atoms with Crippen molar-refractivity contribution in [2.75, 3.05) is 0 Å². The molecule has 0 saturated heterocycles. The SMILES string of the molecule is Cc1cc(OCc2ccccc2)ccc1CC(C)N. The summed E-state index contributed by atoms with van der Waals surface area (Å²) in [4.78, 5) is 0. The molecule has 1 atom stereocenters. The second-order valence-electron chi connectivity index (χ2n) is 5.04. The first-order valence-corrected chi connectivity index (χ1v) is 6.67. The smallest absolute Gasteiger partial charge is 0.120 e. The average molecular weight is 255 g/mol. The van der Waals surface area contributed by atoms with Crippen molar-refractivity contribution < 1.29 is 4.74 Å². The lowest BCUT2D eigenvalue weighted by atomic mass is 10.0. The predicted octanol–water partition coefficient (Wildman–Crippen LogP) is 3.46. The minimum atomic E-state index is 0.190. The molecule has 0 fully saturated rings. The second kappa shape index (κ2) is 6.39. The summed E-state index contributed by atoms with van der Waals surface area (Å²) in [6, 6.07) is 16.6. The van der Waals surface area contributed by atoms with Gasteiger partial charge in [0, 0.05) is 6.04 Å². The van der Waals surface area contributed by atoms with Crippen LogP contribution in [0.4, 0.5) is 0 Å². The Morgan fingerprint density at radius 1 is 1.11 bits per heavy atom. The van der Waals surface area contributed by atoms with Crippen LogP contribution in [-0.2, 0) is 13.0 Å². The van der Waals surface area contributed by atoms with Crippen molar-refractivity contribution in [3.63, 3.8) is 0 Å². The van der Waals surface area contributed by atoms with Crippen LogP contribution in [0.25, 0.3) is 0 Å². The van der Waals surface area contributed by atoms with E-state index in [4.69, 9.17) is 10.5 Å². The molecule has 2 aromatic carbocycles. The molecular weight excluding hydrogens is 234 g/mol. The maximum absolute atomic E-state index is 5.83. The van der Waals surface area contributed by atoms with E-state index in [0.717, 1.165) is 12.2 Å². The molecule has 100 valence electrons. The Labute approximate surface area is 115 Å². The molecule has 0 spiro atoms. The van der Waals surface area contributed by atoms with E-state index in [2.05, 4.69) is 31.2 Å². The lowest BCUT2D eigenvalue weighted by Crippen LogP contribution is -2.18. The van der Waals surface area contributed by atoms with Gasteiger partial charge in [0.25, 0.3) is 0 Å². The summed E-state index contributed by atoms with van der Waals surface area (Å²) in [5.41, 5.74) is 9.55. The molecule has 2 rings (SSSR count). The molecule has 19 heavy (non-hydrogen) atoms. The Morgan fingerprint density at radius 3 is 2.47 bits per heavy atom. The number of aryl methyl sites for hydroxylation is 1. The highest BCUT2D eigenvalue weighted by atomic mass is 16.5. The van der Waals surface area contributed by atoms with Crippen LogP contribution in [0.1, 0.15) is 23.6 Å². The lowest BCUT2D eigenvalue weighted by molar-refractivity contribution is 0.306. The molecule has 0 aromatic heterocycles. The number of rotatable bonds is 5. The number of nitrogens with two attached hydrogens (primary N) is 1. The highest BCUT2D eigenvalue weighted by Crippen LogP contribution is 2.19. The molecule has 1 unspecified atom stereocenters. The minimum absolute atomic E-state index is 0.190. The second-order valence-corrected chi connectivity index (χ2v) is 5.04. The van der Waals surface area contributed by atoms with Crippen molar-refractivity contribution >= 4 is 0 Å². The maximum Gasteiger partial charge on any atom is 0.120 e. The van der Waals surface area contributed by atoms with Crippen molar-refractivity contribution in [2.45, 2.75) is 32.9 Å². The molecule has 0 radical (unpaired) electrons. The summed E-state index contributed by atoms with van der Waals surface area (Å²) in [5.74, 6) is 0.912. The molecule has 2 aromatic rings. The van der Waals surface area contributed by atoms with Crippen LogP contribution in [0.15, 0.2) is 48.5 Å². The third-order valence-electron chi connectivity index (χ3n) is 3.10. The standard InChI is InChI=1S/C17H21NO/c1-13-10-17(9-8-16(13)11-14(2)18)19-12-15-6-4-3-5-7-15/h3-10,14H,11-12,18H2,1-2H3. The summed E-state index contributed by atoms with van der Waals surface area (Å²) in [6.45, 7) is 4.74. The van der Waals surface area contributed by atoms with Gasteiger partial charge in [-0.25, -0.2) is 0 Å². The van der Waals surface area contributed by atoms with Gasteiger partial charge in [0.2, 0.25) is 0 Å². The molecule has 0 aliphatic heterocycles. The van der Waals surface area contributed by atoms with E-state index in [1.165, 1.54) is 16.7 Å². The summed E-state index contributed by atoms with van der Waals surface area (Å²) in [6.07, 6.45) is 0.908. The summed E-state index contributed by atoms with van der Waals surface area (Å²) >= 11 is 0. The molecule has 0 aliphatic rings. The summed E-state index contributed by atoms with van der Waals surface area (Å²) in [5, 5.41) is 0. The first kappa shape index (κ1) is 13.6. The van der Waals surface area contributed by atoms with E-state index in [1.54, 1.807) is 0 Å². The first-order valence-electron chi connectivity index (χ1n) is 6.67. The van der Waals surface area contributed by atoms with Gasteiger partial charge in [-0.3, -0.25) is 0 Å². The first-order chi connectivity index (χ1) is 9.15. The van der Waals surface area contributed by atoms with Crippen molar-refractivity contribution in [1.82, 2.24) is 0 Å². The van der Waals surface area contributed by atoms with Crippen LogP contribution in [0.3, 0.4) is 0 Å². The molecule has 0 amide bonds. The molecule has 0 aliphatic carbocycles. The van der Waals surface area contributed by atoms with Crippen LogP contribution in [0.5, 0.6) is 5.75 Å². The number of hydrogen-bond donors (Lipinski definition) is 1. The Hall–Kier alpha value is -1.80. The molecule has 0 heterocycles. The lowest BCUT2D eigenvalue weighted by Gasteiger charge is -2.12. The van der Waals surface area contributed by atoms with Gasteiger partial charge in [-0.15, -0.1) is 0 Å². The highest BCUT2D eigenvalue weighted by molar-refractivity contribution is 5.35. The van der Waals surface area contributed by atoms with Gasteiger partial charge in [0.1, 0.15) is 12.4 Å². The van der Waals surface area contributed by atoms with Crippen LogP contribution in [0.2, 0.25) is 0 Å². The maximum atomic E-state index is 5.83. The van der Waals surface area contributed by atoms with Gasteiger partial charge in [-0.05, 0) is 49.1 Å². The molecular formula is C17H21NO. The Kier molecular flexibility index (Phi) is 4.58. The fourth-order valence-electron chi connectivity index (χ4n) is 2.07. The highest BCUT2D eigenvalue weighted by Gasteiger charge is 2.04. The van der Waals surface area contributed by atoms with Gasteiger partial charge in [0.15, 0.2) is 0 Å². The number of benzene rings is 2.